The minimum atomic E-state index is -2.84. The van der Waals surface area contributed by atoms with Crippen LogP contribution in [0, 0.1) is 11.3 Å². The zero-order chi connectivity index (χ0) is 10.8. The number of aromatic amines is 1. The first-order chi connectivity index (χ1) is 7.20. The molecule has 2 rings (SSSR count). The number of rotatable bonds is 2. The fourth-order valence-corrected chi connectivity index (χ4v) is 1.37. The first kappa shape index (κ1) is 9.46. The quantitative estimate of drug-likeness (QED) is 0.824. The molecule has 0 amide bonds. The Morgan fingerprint density at radius 3 is 2.87 bits per heavy atom. The van der Waals surface area contributed by atoms with E-state index in [2.05, 4.69) is 9.72 Å². The third kappa shape index (κ3) is 1.74. The molecule has 1 heterocycles. The molecule has 0 fully saturated rings. The number of benzene rings is 1. The Kier molecular flexibility index (Phi) is 2.26. The molecule has 5 heteroatoms. The molecule has 15 heavy (non-hydrogen) atoms. The molecule has 0 bridgehead atoms. The second kappa shape index (κ2) is 3.58. The maximum absolute atomic E-state index is 11.9. The standard InChI is InChI=1S/C10H6F2N2O/c11-10(12)15-7-1-2-8-6(4-13)5-14-9(8)3-7/h1-3,5,10,14H. The minimum absolute atomic E-state index is 0.0730. The number of hydrogen-bond acceptors (Lipinski definition) is 2. The van der Waals surface area contributed by atoms with Crippen LogP contribution in [0.4, 0.5) is 8.78 Å². The molecule has 3 nitrogen and oxygen atoms in total. The Hall–Kier alpha value is -2.09. The van der Waals surface area contributed by atoms with Gasteiger partial charge in [-0.2, -0.15) is 14.0 Å². The maximum Gasteiger partial charge on any atom is 0.387 e. The summed E-state index contributed by atoms with van der Waals surface area (Å²) in [6.07, 6.45) is 1.52. The molecule has 76 valence electrons. The number of H-pyrrole nitrogens is 1. The number of halogens is 2. The summed E-state index contributed by atoms with van der Waals surface area (Å²) < 4.78 is 28.0. The Morgan fingerprint density at radius 1 is 1.40 bits per heavy atom. The van der Waals surface area contributed by atoms with Crippen molar-refractivity contribution in [2.75, 3.05) is 0 Å². The van der Waals surface area contributed by atoms with E-state index < -0.39 is 6.61 Å². The van der Waals surface area contributed by atoms with Crippen molar-refractivity contribution in [1.82, 2.24) is 4.98 Å². The van der Waals surface area contributed by atoms with E-state index in [1.807, 2.05) is 6.07 Å². The van der Waals surface area contributed by atoms with E-state index in [1.54, 1.807) is 6.07 Å². The van der Waals surface area contributed by atoms with Crippen molar-refractivity contribution < 1.29 is 13.5 Å². The molecule has 1 N–H and O–H groups in total. The second-order valence-corrected chi connectivity index (χ2v) is 2.90. The van der Waals surface area contributed by atoms with Crippen molar-refractivity contribution in [3.63, 3.8) is 0 Å². The summed E-state index contributed by atoms with van der Waals surface area (Å²) in [6, 6.07) is 6.40. The highest BCUT2D eigenvalue weighted by molar-refractivity contribution is 5.86. The van der Waals surface area contributed by atoms with Gasteiger partial charge in [0.05, 0.1) is 11.1 Å². The van der Waals surface area contributed by atoms with Crippen molar-refractivity contribution in [3.8, 4) is 11.8 Å². The third-order valence-corrected chi connectivity index (χ3v) is 2.00. The summed E-state index contributed by atoms with van der Waals surface area (Å²) in [5.41, 5.74) is 1.08. The van der Waals surface area contributed by atoms with Gasteiger partial charge in [-0.15, -0.1) is 0 Å². The van der Waals surface area contributed by atoms with Gasteiger partial charge in [-0.1, -0.05) is 0 Å². The molecule has 0 saturated heterocycles. The van der Waals surface area contributed by atoms with Gasteiger partial charge in [-0.25, -0.2) is 0 Å². The van der Waals surface area contributed by atoms with Crippen LogP contribution in [0.3, 0.4) is 0 Å². The largest absolute Gasteiger partial charge is 0.435 e. The molecular weight excluding hydrogens is 202 g/mol. The first-order valence-electron chi connectivity index (χ1n) is 4.17. The fraction of sp³-hybridized carbons (Fsp3) is 0.100. The minimum Gasteiger partial charge on any atom is -0.435 e. The molecular formula is C10H6F2N2O. The molecule has 0 unspecified atom stereocenters. The van der Waals surface area contributed by atoms with E-state index in [0.29, 0.717) is 16.5 Å². The van der Waals surface area contributed by atoms with E-state index in [-0.39, 0.29) is 5.75 Å². The SMILES string of the molecule is N#Cc1c[nH]c2cc(OC(F)F)ccc12. The average Bonchev–Trinajstić information content (AvgIpc) is 2.58. The van der Waals surface area contributed by atoms with Crippen LogP contribution < -0.4 is 4.74 Å². The summed E-state index contributed by atoms with van der Waals surface area (Å²) in [5, 5.41) is 9.41. The summed E-state index contributed by atoms with van der Waals surface area (Å²) in [7, 11) is 0. The molecule has 0 saturated carbocycles. The fourth-order valence-electron chi connectivity index (χ4n) is 1.37. The first-order valence-corrected chi connectivity index (χ1v) is 4.17. The predicted molar refractivity (Wildman–Crippen MR) is 49.6 cm³/mol. The van der Waals surface area contributed by atoms with E-state index in [0.717, 1.165) is 0 Å². The summed E-state index contributed by atoms with van der Waals surface area (Å²) in [4.78, 5) is 2.81. The number of ether oxygens (including phenoxy) is 1. The lowest BCUT2D eigenvalue weighted by molar-refractivity contribution is -0.0497. The molecule has 0 radical (unpaired) electrons. The highest BCUT2D eigenvalue weighted by atomic mass is 19.3. The number of hydrogen-bond donors (Lipinski definition) is 1. The lowest BCUT2D eigenvalue weighted by Crippen LogP contribution is -2.01. The Bertz CT molecular complexity index is 528. The van der Waals surface area contributed by atoms with Crippen LogP contribution in [0.5, 0.6) is 5.75 Å². The highest BCUT2D eigenvalue weighted by Gasteiger charge is 2.07. The van der Waals surface area contributed by atoms with Gasteiger partial charge < -0.3 is 9.72 Å². The van der Waals surface area contributed by atoms with Crippen molar-refractivity contribution in [1.29, 1.82) is 5.26 Å². The molecule has 0 aliphatic carbocycles. The zero-order valence-corrected chi connectivity index (χ0v) is 7.50. The second-order valence-electron chi connectivity index (χ2n) is 2.90. The van der Waals surface area contributed by atoms with Crippen molar-refractivity contribution in [2.24, 2.45) is 0 Å². The van der Waals surface area contributed by atoms with Crippen molar-refractivity contribution in [2.45, 2.75) is 6.61 Å². The zero-order valence-electron chi connectivity index (χ0n) is 7.50. The third-order valence-electron chi connectivity index (χ3n) is 2.00. The van der Waals surface area contributed by atoms with Crippen LogP contribution in [0.15, 0.2) is 24.4 Å². The molecule has 0 spiro atoms. The van der Waals surface area contributed by atoms with Gasteiger partial charge in [0.15, 0.2) is 0 Å². The van der Waals surface area contributed by atoms with Gasteiger partial charge in [0.2, 0.25) is 0 Å². The van der Waals surface area contributed by atoms with E-state index in [1.165, 1.54) is 18.3 Å². The van der Waals surface area contributed by atoms with Crippen molar-refractivity contribution in [3.05, 3.63) is 30.0 Å². The van der Waals surface area contributed by atoms with E-state index in [9.17, 15) is 8.78 Å². The normalized spacial score (nSPS) is 10.5. The predicted octanol–water partition coefficient (Wildman–Crippen LogP) is 2.64. The van der Waals surface area contributed by atoms with Crippen LogP contribution in [0.1, 0.15) is 5.56 Å². The molecule has 2 aromatic rings. The van der Waals surface area contributed by atoms with Gasteiger partial charge in [0, 0.05) is 17.6 Å². The maximum atomic E-state index is 11.9. The summed E-state index contributed by atoms with van der Waals surface area (Å²) in [6.45, 7) is -2.84. The Labute approximate surface area is 83.9 Å². The van der Waals surface area contributed by atoms with Gasteiger partial charge in [-0.05, 0) is 12.1 Å². The van der Waals surface area contributed by atoms with Crippen LogP contribution >= 0.6 is 0 Å². The van der Waals surface area contributed by atoms with Crippen LogP contribution in [-0.4, -0.2) is 11.6 Å². The lowest BCUT2D eigenvalue weighted by Gasteiger charge is -2.03. The van der Waals surface area contributed by atoms with Crippen LogP contribution in [-0.2, 0) is 0 Å². The summed E-state index contributed by atoms with van der Waals surface area (Å²) >= 11 is 0. The highest BCUT2D eigenvalue weighted by Crippen LogP contribution is 2.23. The topological polar surface area (TPSA) is 48.8 Å². The smallest absolute Gasteiger partial charge is 0.387 e. The number of alkyl halides is 2. The number of nitriles is 1. The summed E-state index contributed by atoms with van der Waals surface area (Å²) in [5.74, 6) is 0.0730. The van der Waals surface area contributed by atoms with Gasteiger partial charge in [0.1, 0.15) is 11.8 Å². The lowest BCUT2D eigenvalue weighted by atomic mass is 10.2. The van der Waals surface area contributed by atoms with Gasteiger partial charge in [0.25, 0.3) is 0 Å². The number of fused-ring (bicyclic) bond motifs is 1. The Balaban J connectivity index is 2.45. The van der Waals surface area contributed by atoms with Crippen LogP contribution in [0.2, 0.25) is 0 Å². The van der Waals surface area contributed by atoms with E-state index >= 15 is 0 Å². The molecule has 0 aliphatic rings. The molecule has 0 atom stereocenters. The Morgan fingerprint density at radius 2 is 2.20 bits per heavy atom. The van der Waals surface area contributed by atoms with Gasteiger partial charge in [-0.3, -0.25) is 0 Å². The number of aromatic nitrogens is 1. The van der Waals surface area contributed by atoms with Crippen LogP contribution in [0.25, 0.3) is 10.9 Å². The van der Waals surface area contributed by atoms with Crippen molar-refractivity contribution >= 4 is 10.9 Å². The monoisotopic (exact) mass is 208 g/mol. The molecule has 0 aliphatic heterocycles. The van der Waals surface area contributed by atoms with Gasteiger partial charge >= 0.3 is 6.61 Å². The number of nitrogens with zero attached hydrogens (tertiary/aromatic N) is 1. The van der Waals surface area contributed by atoms with E-state index in [4.69, 9.17) is 5.26 Å². The molecule has 1 aromatic carbocycles. The number of nitrogens with one attached hydrogen (secondary N) is 1. The average molecular weight is 208 g/mol. The molecule has 1 aromatic heterocycles.